The Labute approximate surface area is 110 Å². The number of nitrogens with zero attached hydrogens (tertiary/aromatic N) is 5. The minimum Gasteiger partial charge on any atom is -0.755 e. The van der Waals surface area contributed by atoms with E-state index in [-0.39, 0.29) is 11.5 Å². The van der Waals surface area contributed by atoms with E-state index in [2.05, 4.69) is 25.6 Å². The summed E-state index contributed by atoms with van der Waals surface area (Å²) in [6.45, 7) is 0. The van der Waals surface area contributed by atoms with E-state index in [9.17, 15) is 8.76 Å². The maximum Gasteiger partial charge on any atom is 0.473 e. The average molecular weight is 283 g/mol. The summed E-state index contributed by atoms with van der Waals surface area (Å²) in [7, 11) is -1.78. The number of aromatic nitrogens is 5. The summed E-state index contributed by atoms with van der Waals surface area (Å²) in [6, 6.07) is 2.93. The Morgan fingerprint density at radius 1 is 1.47 bits per heavy atom. The van der Waals surface area contributed by atoms with Crippen LogP contribution in [0.5, 0.6) is 0 Å². The first kappa shape index (κ1) is 13.5. The van der Waals surface area contributed by atoms with Crippen molar-refractivity contribution in [3.63, 3.8) is 0 Å². The number of rotatable bonds is 5. The molecule has 1 atom stereocenters. The van der Waals surface area contributed by atoms with Crippen molar-refractivity contribution in [2.24, 2.45) is 0 Å². The average Bonchev–Trinajstić information content (AvgIpc) is 2.89. The fourth-order valence-electron chi connectivity index (χ4n) is 1.34. The third-order valence-electron chi connectivity index (χ3n) is 2.12. The first-order chi connectivity index (χ1) is 9.08. The molecule has 2 heterocycles. The van der Waals surface area contributed by atoms with Crippen LogP contribution in [-0.4, -0.2) is 58.0 Å². The first-order valence-corrected chi connectivity index (χ1v) is 6.04. The second-order valence-corrected chi connectivity index (χ2v) is 4.27. The van der Waals surface area contributed by atoms with Crippen LogP contribution < -0.4 is 4.31 Å². The highest BCUT2D eigenvalue weighted by atomic mass is 32.2. The maximum atomic E-state index is 11.0. The summed E-state index contributed by atoms with van der Waals surface area (Å²) >= 11 is -2.64. The number of pyridine rings is 1. The van der Waals surface area contributed by atoms with Gasteiger partial charge in [0.1, 0.15) is 5.69 Å². The fourth-order valence-corrected chi connectivity index (χ4v) is 1.87. The molecule has 19 heavy (non-hydrogen) atoms. The zero-order valence-electron chi connectivity index (χ0n) is 9.37. The molecule has 0 spiro atoms. The lowest BCUT2D eigenvalue weighted by Gasteiger charge is -2.25. The Morgan fingerprint density at radius 3 is 2.74 bits per heavy atom. The van der Waals surface area contributed by atoms with Gasteiger partial charge in [-0.3, -0.25) is 9.19 Å². The van der Waals surface area contributed by atoms with Crippen LogP contribution in [0.1, 0.15) is 0 Å². The van der Waals surface area contributed by atoms with Crippen LogP contribution in [0.25, 0.3) is 11.5 Å². The lowest BCUT2D eigenvalue weighted by atomic mass is 9.92. The molecule has 100 valence electrons. The van der Waals surface area contributed by atoms with Crippen molar-refractivity contribution >= 4 is 24.1 Å². The highest BCUT2D eigenvalue weighted by molar-refractivity contribution is 7.80. The fraction of sp³-hybridized carbons (Fsp3) is 0.143. The molecule has 0 aliphatic carbocycles. The van der Waals surface area contributed by atoms with E-state index in [0.29, 0.717) is 5.69 Å². The molecule has 0 aliphatic rings. The van der Waals surface area contributed by atoms with Gasteiger partial charge < -0.3 is 18.9 Å². The second kappa shape index (κ2) is 5.84. The molecule has 0 aromatic carbocycles. The van der Waals surface area contributed by atoms with Crippen LogP contribution in [0.4, 0.5) is 5.69 Å². The van der Waals surface area contributed by atoms with E-state index >= 15 is 0 Å². The monoisotopic (exact) mass is 283 g/mol. The molecule has 12 heteroatoms. The van der Waals surface area contributed by atoms with Crippen molar-refractivity contribution in [3.05, 3.63) is 18.3 Å². The molecule has 0 saturated carbocycles. The molecule has 2 rings (SSSR count). The summed E-state index contributed by atoms with van der Waals surface area (Å²) in [5, 5.41) is 30.7. The molecule has 0 amide bonds. The number of hydrogen-bond donors (Lipinski definition) is 3. The molecule has 1 unspecified atom stereocenters. The Hall–Kier alpha value is -1.89. The number of anilines is 1. The van der Waals surface area contributed by atoms with Crippen LogP contribution in [0, 0.1) is 0 Å². The number of tetrazole rings is 1. The number of nitrogens with one attached hydrogen (secondary N) is 1. The van der Waals surface area contributed by atoms with Crippen molar-refractivity contribution in [1.29, 1.82) is 0 Å². The van der Waals surface area contributed by atoms with E-state index in [0.717, 1.165) is 4.31 Å². The second-order valence-electron chi connectivity index (χ2n) is 3.40. The molecule has 0 aliphatic heterocycles. The van der Waals surface area contributed by atoms with Gasteiger partial charge in [0.05, 0.1) is 18.3 Å². The lowest BCUT2D eigenvalue weighted by Crippen LogP contribution is -2.36. The van der Waals surface area contributed by atoms with Gasteiger partial charge in [-0.1, -0.05) is 0 Å². The van der Waals surface area contributed by atoms with Gasteiger partial charge in [0.15, 0.2) is 0 Å². The van der Waals surface area contributed by atoms with Crippen molar-refractivity contribution in [2.75, 3.05) is 10.7 Å². The van der Waals surface area contributed by atoms with Gasteiger partial charge in [0, 0.05) is 11.3 Å². The summed E-state index contributed by atoms with van der Waals surface area (Å²) in [6.07, 6.45) is 0.767. The Morgan fingerprint density at radius 2 is 2.26 bits per heavy atom. The molecule has 0 saturated heterocycles. The molecule has 0 fully saturated rings. The Balaban J connectivity index is 2.23. The normalized spacial score (nSPS) is 12.2. The molecule has 10 nitrogen and oxygen atoms in total. The van der Waals surface area contributed by atoms with E-state index < -0.39 is 24.8 Å². The third-order valence-corrected chi connectivity index (χ3v) is 2.84. The minimum absolute atomic E-state index is 0.189. The van der Waals surface area contributed by atoms with Crippen LogP contribution in [-0.2, 0) is 11.3 Å². The quantitative estimate of drug-likeness (QED) is 0.416. The van der Waals surface area contributed by atoms with Crippen LogP contribution in [0.3, 0.4) is 0 Å². The summed E-state index contributed by atoms with van der Waals surface area (Å²) in [4.78, 5) is 3.97. The highest BCUT2D eigenvalue weighted by Gasteiger charge is 2.16. The van der Waals surface area contributed by atoms with Crippen molar-refractivity contribution in [1.82, 2.24) is 25.6 Å². The maximum absolute atomic E-state index is 11.0. The van der Waals surface area contributed by atoms with Crippen molar-refractivity contribution < 1.29 is 18.8 Å². The van der Waals surface area contributed by atoms with Crippen molar-refractivity contribution in [3.8, 4) is 11.5 Å². The van der Waals surface area contributed by atoms with Crippen LogP contribution >= 0.6 is 0 Å². The van der Waals surface area contributed by atoms with E-state index in [1.165, 1.54) is 18.3 Å². The summed E-state index contributed by atoms with van der Waals surface area (Å²) in [5.41, 5.74) is 0.590. The zero-order valence-corrected chi connectivity index (χ0v) is 10.2. The standard InChI is InChI=1S/C7H9BN6O4S/c15-8(16)4-14(19(17)18)5-1-2-6(9-3-5)7-10-12-13-11-7/h1-3,15-16H,4H2,(H,17,18)(H,10,11,12,13)/p-1. The Kier molecular flexibility index (Phi) is 4.16. The number of H-pyrrole nitrogens is 1. The zero-order chi connectivity index (χ0) is 13.8. The highest BCUT2D eigenvalue weighted by Crippen LogP contribution is 2.17. The molecule has 2 aromatic heterocycles. The Bertz CT molecular complexity index is 549. The van der Waals surface area contributed by atoms with E-state index in [1.54, 1.807) is 0 Å². The summed E-state index contributed by atoms with van der Waals surface area (Å²) < 4.78 is 22.7. The molecule has 0 bridgehead atoms. The lowest BCUT2D eigenvalue weighted by molar-refractivity contribution is 0.407. The van der Waals surface area contributed by atoms with Gasteiger partial charge in [-0.05, 0) is 17.3 Å². The van der Waals surface area contributed by atoms with Crippen LogP contribution in [0.2, 0.25) is 0 Å². The largest absolute Gasteiger partial charge is 0.755 e. The van der Waals surface area contributed by atoms with E-state index in [4.69, 9.17) is 10.0 Å². The predicted molar refractivity (Wildman–Crippen MR) is 63.9 cm³/mol. The number of hydrogen-bond acceptors (Lipinski definition) is 8. The van der Waals surface area contributed by atoms with Gasteiger partial charge in [-0.25, -0.2) is 0 Å². The van der Waals surface area contributed by atoms with Gasteiger partial charge >= 0.3 is 7.12 Å². The first-order valence-electron chi connectivity index (χ1n) is 5.01. The number of aromatic amines is 1. The molecular weight excluding hydrogens is 275 g/mol. The molecular formula is C7H8BN6O4S-. The predicted octanol–water partition coefficient (Wildman–Crippen LogP) is -2.13. The van der Waals surface area contributed by atoms with E-state index in [1.807, 2.05) is 0 Å². The topological polar surface area (TPSA) is 151 Å². The SMILES string of the molecule is O=S([O-])N(CB(O)O)c1ccc(-c2nn[nH]n2)nc1. The smallest absolute Gasteiger partial charge is 0.473 e. The minimum atomic E-state index is -2.64. The van der Waals surface area contributed by atoms with Gasteiger partial charge in [-0.2, -0.15) is 5.21 Å². The van der Waals surface area contributed by atoms with Gasteiger partial charge in [0.2, 0.25) is 5.82 Å². The molecule has 0 radical (unpaired) electrons. The van der Waals surface area contributed by atoms with Crippen LogP contribution in [0.15, 0.2) is 18.3 Å². The van der Waals surface area contributed by atoms with Crippen molar-refractivity contribution in [2.45, 2.75) is 0 Å². The summed E-state index contributed by atoms with van der Waals surface area (Å²) in [5.74, 6) is 0.267. The molecule has 3 N–H and O–H groups in total. The third kappa shape index (κ3) is 3.32. The van der Waals surface area contributed by atoms with Gasteiger partial charge in [0.25, 0.3) is 0 Å². The van der Waals surface area contributed by atoms with Gasteiger partial charge in [-0.15, -0.1) is 10.2 Å². The molecule has 2 aromatic rings.